The van der Waals surface area contributed by atoms with E-state index in [0.717, 1.165) is 6.07 Å². The molecule has 1 heterocycles. The smallest absolute Gasteiger partial charge is 0.324 e. The van der Waals surface area contributed by atoms with Gasteiger partial charge in [-0.05, 0) is 12.1 Å². The van der Waals surface area contributed by atoms with Crippen molar-refractivity contribution in [3.05, 3.63) is 23.9 Å². The first-order chi connectivity index (χ1) is 7.83. The third kappa shape index (κ3) is 3.58. The number of alkyl halides is 4. The van der Waals surface area contributed by atoms with E-state index in [-0.39, 0.29) is 11.4 Å². The predicted octanol–water partition coefficient (Wildman–Crippen LogP) is 1.29. The molecular weight excluding hydrogens is 242 g/mol. The second-order valence-electron chi connectivity index (χ2n) is 3.21. The second-order valence-corrected chi connectivity index (χ2v) is 3.21. The second kappa shape index (κ2) is 4.98. The number of hydrogen-bond acceptors (Lipinski definition) is 3. The van der Waals surface area contributed by atoms with E-state index in [2.05, 4.69) is 4.98 Å². The average Bonchev–Trinajstić information content (AvgIpc) is 2.25. The van der Waals surface area contributed by atoms with Crippen LogP contribution >= 0.6 is 0 Å². The molecule has 0 saturated heterocycles. The number of carbonyl (C=O) groups is 1. The number of hydrogen-bond donors (Lipinski definition) is 2. The number of anilines is 1. The Morgan fingerprint density at radius 3 is 2.71 bits per heavy atom. The van der Waals surface area contributed by atoms with Crippen molar-refractivity contribution in [3.8, 4) is 0 Å². The summed E-state index contributed by atoms with van der Waals surface area (Å²) in [6.45, 7) is -1.44. The van der Waals surface area contributed by atoms with Gasteiger partial charge in [-0.15, -0.1) is 0 Å². The Balaban J connectivity index is 2.62. The summed E-state index contributed by atoms with van der Waals surface area (Å²) in [6.07, 6.45) is -2.62. The van der Waals surface area contributed by atoms with E-state index >= 15 is 0 Å². The van der Waals surface area contributed by atoms with Gasteiger partial charge in [0.05, 0.1) is 6.54 Å². The van der Waals surface area contributed by atoms with Crippen LogP contribution in [0.3, 0.4) is 0 Å². The fourth-order valence-corrected chi connectivity index (χ4v) is 0.967. The number of pyridine rings is 1. The van der Waals surface area contributed by atoms with Crippen LogP contribution in [0, 0.1) is 0 Å². The SMILES string of the molecule is Nc1cc(C(=O)NCC(F)(F)C(F)F)ccn1. The van der Waals surface area contributed by atoms with Crippen molar-refractivity contribution in [2.45, 2.75) is 12.3 Å². The Hall–Kier alpha value is -1.86. The van der Waals surface area contributed by atoms with Gasteiger partial charge in [0.1, 0.15) is 5.82 Å². The Morgan fingerprint density at radius 2 is 2.18 bits per heavy atom. The number of nitrogens with one attached hydrogen (secondary N) is 1. The number of aromatic nitrogens is 1. The number of rotatable bonds is 4. The minimum absolute atomic E-state index is 0.0254. The number of carbonyl (C=O) groups excluding carboxylic acids is 1. The van der Waals surface area contributed by atoms with Crippen molar-refractivity contribution >= 4 is 11.7 Å². The molecule has 0 bridgehead atoms. The fraction of sp³-hybridized carbons (Fsp3) is 0.333. The lowest BCUT2D eigenvalue weighted by Crippen LogP contribution is -2.41. The first-order valence-electron chi connectivity index (χ1n) is 4.48. The molecule has 17 heavy (non-hydrogen) atoms. The Kier molecular flexibility index (Phi) is 3.87. The molecule has 0 aliphatic rings. The lowest BCUT2D eigenvalue weighted by Gasteiger charge is -2.15. The van der Waals surface area contributed by atoms with Crippen molar-refractivity contribution < 1.29 is 22.4 Å². The third-order valence-corrected chi connectivity index (χ3v) is 1.85. The molecule has 1 rings (SSSR count). The minimum atomic E-state index is -4.26. The molecule has 4 nitrogen and oxygen atoms in total. The Morgan fingerprint density at radius 1 is 1.53 bits per heavy atom. The van der Waals surface area contributed by atoms with Crippen LogP contribution in [0.5, 0.6) is 0 Å². The molecule has 94 valence electrons. The molecule has 0 atom stereocenters. The van der Waals surface area contributed by atoms with E-state index in [4.69, 9.17) is 5.73 Å². The van der Waals surface area contributed by atoms with Crippen LogP contribution in [0.15, 0.2) is 18.3 Å². The lowest BCUT2D eigenvalue weighted by atomic mass is 10.2. The van der Waals surface area contributed by atoms with Crippen molar-refractivity contribution in [2.75, 3.05) is 12.3 Å². The normalized spacial score (nSPS) is 11.6. The largest absolute Gasteiger partial charge is 0.384 e. The van der Waals surface area contributed by atoms with E-state index in [0.29, 0.717) is 0 Å². The molecule has 0 aromatic carbocycles. The molecule has 0 spiro atoms. The van der Waals surface area contributed by atoms with E-state index in [1.165, 1.54) is 12.3 Å². The van der Waals surface area contributed by atoms with Gasteiger partial charge in [-0.2, -0.15) is 8.78 Å². The number of nitrogens with two attached hydrogens (primary N) is 1. The molecule has 1 aromatic rings. The first-order valence-corrected chi connectivity index (χ1v) is 4.48. The number of amides is 1. The van der Waals surface area contributed by atoms with Gasteiger partial charge in [0.15, 0.2) is 0 Å². The van der Waals surface area contributed by atoms with Gasteiger partial charge < -0.3 is 11.1 Å². The highest BCUT2D eigenvalue weighted by atomic mass is 19.3. The van der Waals surface area contributed by atoms with Crippen LogP contribution in [0.2, 0.25) is 0 Å². The highest BCUT2D eigenvalue weighted by Gasteiger charge is 2.40. The highest BCUT2D eigenvalue weighted by molar-refractivity contribution is 5.94. The highest BCUT2D eigenvalue weighted by Crippen LogP contribution is 2.21. The summed E-state index contributed by atoms with van der Waals surface area (Å²) in [7, 11) is 0. The van der Waals surface area contributed by atoms with Gasteiger partial charge in [0.25, 0.3) is 5.91 Å². The molecule has 0 aliphatic carbocycles. The van der Waals surface area contributed by atoms with Crippen molar-refractivity contribution in [3.63, 3.8) is 0 Å². The summed E-state index contributed by atoms with van der Waals surface area (Å²) in [5, 5.41) is 1.70. The average molecular weight is 251 g/mol. The van der Waals surface area contributed by atoms with Crippen LogP contribution in [0.25, 0.3) is 0 Å². The maximum absolute atomic E-state index is 12.5. The van der Waals surface area contributed by atoms with Gasteiger partial charge >= 0.3 is 12.3 Å². The van der Waals surface area contributed by atoms with E-state index in [9.17, 15) is 22.4 Å². The summed E-state index contributed by atoms with van der Waals surface area (Å²) in [5.74, 6) is -5.15. The molecule has 0 radical (unpaired) electrons. The predicted molar refractivity (Wildman–Crippen MR) is 51.9 cm³/mol. The summed E-state index contributed by atoms with van der Waals surface area (Å²) in [6, 6.07) is 2.38. The fourth-order valence-electron chi connectivity index (χ4n) is 0.967. The van der Waals surface area contributed by atoms with Gasteiger partial charge in [0, 0.05) is 11.8 Å². The molecule has 8 heteroatoms. The van der Waals surface area contributed by atoms with Crippen molar-refractivity contribution in [2.24, 2.45) is 0 Å². The van der Waals surface area contributed by atoms with Gasteiger partial charge in [-0.25, -0.2) is 13.8 Å². The maximum Gasteiger partial charge on any atom is 0.324 e. The van der Waals surface area contributed by atoms with Gasteiger partial charge in [-0.3, -0.25) is 4.79 Å². The van der Waals surface area contributed by atoms with Crippen LogP contribution in [-0.4, -0.2) is 29.8 Å². The van der Waals surface area contributed by atoms with E-state index in [1.807, 2.05) is 0 Å². The van der Waals surface area contributed by atoms with Crippen molar-refractivity contribution in [1.82, 2.24) is 10.3 Å². The Bertz CT molecular complexity index is 411. The topological polar surface area (TPSA) is 68.0 Å². The first kappa shape index (κ1) is 13.2. The summed E-state index contributed by atoms with van der Waals surface area (Å²) in [4.78, 5) is 14.9. The number of nitrogens with zero attached hydrogens (tertiary/aromatic N) is 1. The van der Waals surface area contributed by atoms with E-state index in [1.54, 1.807) is 5.32 Å². The van der Waals surface area contributed by atoms with Gasteiger partial charge in [0.2, 0.25) is 0 Å². The molecule has 0 fully saturated rings. The molecule has 0 unspecified atom stereocenters. The van der Waals surface area contributed by atoms with E-state index < -0.39 is 24.8 Å². The zero-order valence-electron chi connectivity index (χ0n) is 8.46. The quantitative estimate of drug-likeness (QED) is 0.792. The number of nitrogen functional groups attached to an aromatic ring is 1. The molecule has 0 saturated carbocycles. The van der Waals surface area contributed by atoms with Crippen LogP contribution < -0.4 is 11.1 Å². The van der Waals surface area contributed by atoms with Crippen LogP contribution in [-0.2, 0) is 0 Å². The molecular formula is C9H9F4N3O. The summed E-state index contributed by atoms with van der Waals surface area (Å²) >= 11 is 0. The zero-order valence-corrected chi connectivity index (χ0v) is 8.46. The molecule has 1 aromatic heterocycles. The third-order valence-electron chi connectivity index (χ3n) is 1.85. The minimum Gasteiger partial charge on any atom is -0.384 e. The Labute approximate surface area is 93.8 Å². The van der Waals surface area contributed by atoms with Crippen molar-refractivity contribution in [1.29, 1.82) is 0 Å². The monoisotopic (exact) mass is 251 g/mol. The zero-order chi connectivity index (χ0) is 13.1. The van der Waals surface area contributed by atoms with Crippen LogP contribution in [0.1, 0.15) is 10.4 Å². The molecule has 0 aliphatic heterocycles. The summed E-state index contributed by atoms with van der Waals surface area (Å²) < 4.78 is 48.6. The van der Waals surface area contributed by atoms with Crippen LogP contribution in [0.4, 0.5) is 23.4 Å². The summed E-state index contributed by atoms with van der Waals surface area (Å²) in [5.41, 5.74) is 5.24. The standard InChI is InChI=1S/C9H9F4N3O/c10-8(11)9(12,13)4-16-7(17)5-1-2-15-6(14)3-5/h1-3,8H,4H2,(H2,14,15)(H,16,17). The molecule has 1 amide bonds. The number of halogens is 4. The van der Waals surface area contributed by atoms with Gasteiger partial charge in [-0.1, -0.05) is 0 Å². The maximum atomic E-state index is 12.5. The lowest BCUT2D eigenvalue weighted by molar-refractivity contribution is -0.123. The molecule has 3 N–H and O–H groups in total.